The summed E-state index contributed by atoms with van der Waals surface area (Å²) in [7, 11) is 3.94. The molecule has 7 nitrogen and oxygen atoms in total. The van der Waals surface area contributed by atoms with Gasteiger partial charge in [0.05, 0.1) is 17.0 Å². The van der Waals surface area contributed by atoms with E-state index in [0.29, 0.717) is 22.3 Å². The lowest BCUT2D eigenvalue weighted by atomic mass is 9.90. The molecule has 1 fully saturated rings. The van der Waals surface area contributed by atoms with E-state index in [1.807, 2.05) is 7.05 Å². The number of urea groups is 1. The van der Waals surface area contributed by atoms with Gasteiger partial charge in [-0.05, 0) is 76.2 Å². The second-order valence-corrected chi connectivity index (χ2v) is 7.96. The lowest BCUT2D eigenvalue weighted by Crippen LogP contribution is -2.45. The van der Waals surface area contributed by atoms with Crippen molar-refractivity contribution in [1.29, 1.82) is 0 Å². The van der Waals surface area contributed by atoms with Crippen LogP contribution in [0.25, 0.3) is 0 Å². The highest BCUT2D eigenvalue weighted by Gasteiger charge is 2.27. The van der Waals surface area contributed by atoms with Gasteiger partial charge in [0.15, 0.2) is 5.76 Å². The van der Waals surface area contributed by atoms with Crippen LogP contribution in [0.4, 0.5) is 16.2 Å². The molecule has 0 radical (unpaired) electrons. The Morgan fingerprint density at radius 3 is 2.59 bits per heavy atom. The van der Waals surface area contributed by atoms with Gasteiger partial charge in [-0.25, -0.2) is 4.79 Å². The topological polar surface area (TPSA) is 77.8 Å². The molecule has 2 aromatic rings. The molecule has 8 heteroatoms. The zero-order valence-corrected chi connectivity index (χ0v) is 17.7. The number of hydrogen-bond donors (Lipinski definition) is 2. The number of furan rings is 1. The fourth-order valence-corrected chi connectivity index (χ4v) is 3.74. The summed E-state index contributed by atoms with van der Waals surface area (Å²) in [5.74, 6) is 0.299. The van der Waals surface area contributed by atoms with E-state index < -0.39 is 0 Å². The smallest absolute Gasteiger partial charge is 0.321 e. The van der Waals surface area contributed by atoms with E-state index in [1.165, 1.54) is 6.26 Å². The largest absolute Gasteiger partial charge is 0.459 e. The van der Waals surface area contributed by atoms with Gasteiger partial charge in [0.2, 0.25) is 0 Å². The molecule has 2 heterocycles. The molecule has 0 saturated carbocycles. The first-order valence-corrected chi connectivity index (χ1v) is 10.1. The average molecular weight is 419 g/mol. The first-order chi connectivity index (χ1) is 13.8. The highest BCUT2D eigenvalue weighted by Crippen LogP contribution is 2.27. The minimum absolute atomic E-state index is 0.144. The Morgan fingerprint density at radius 2 is 1.97 bits per heavy atom. The van der Waals surface area contributed by atoms with Crippen molar-refractivity contribution in [2.45, 2.75) is 25.8 Å². The average Bonchev–Trinajstić information content (AvgIpc) is 3.24. The number of nitrogens with one attached hydrogen (secondary N) is 2. The quantitative estimate of drug-likeness (QED) is 0.755. The van der Waals surface area contributed by atoms with Gasteiger partial charge in [-0.15, -0.1) is 0 Å². The Labute approximate surface area is 176 Å². The minimum Gasteiger partial charge on any atom is -0.459 e. The highest BCUT2D eigenvalue weighted by atomic mass is 35.5. The monoisotopic (exact) mass is 418 g/mol. The van der Waals surface area contributed by atoms with Crippen molar-refractivity contribution in [2.24, 2.45) is 5.92 Å². The number of nitrogens with zero attached hydrogens (tertiary/aromatic N) is 2. The van der Waals surface area contributed by atoms with E-state index in [1.54, 1.807) is 35.2 Å². The molecule has 1 aliphatic heterocycles. The predicted molar refractivity (Wildman–Crippen MR) is 115 cm³/mol. The van der Waals surface area contributed by atoms with Gasteiger partial charge in [-0.2, -0.15) is 0 Å². The summed E-state index contributed by atoms with van der Waals surface area (Å²) >= 11 is 6.28. The van der Waals surface area contributed by atoms with Gasteiger partial charge >= 0.3 is 6.03 Å². The van der Waals surface area contributed by atoms with Crippen molar-refractivity contribution in [1.82, 2.24) is 9.80 Å². The number of hydrogen-bond acceptors (Lipinski definition) is 4. The van der Waals surface area contributed by atoms with E-state index >= 15 is 0 Å². The molecule has 3 amide bonds. The summed E-state index contributed by atoms with van der Waals surface area (Å²) < 4.78 is 5.07. The van der Waals surface area contributed by atoms with Crippen LogP contribution in [0.3, 0.4) is 0 Å². The molecule has 3 rings (SSSR count). The molecule has 1 aliphatic rings. The predicted octanol–water partition coefficient (Wildman–Crippen LogP) is 4.38. The van der Waals surface area contributed by atoms with Crippen molar-refractivity contribution in [2.75, 3.05) is 37.8 Å². The summed E-state index contributed by atoms with van der Waals surface area (Å²) in [4.78, 5) is 28.8. The SMILES string of the molecule is C[C@@H](C1CCN(C)CC1)N(C)C(=O)Nc1ccc(NC(=O)c2ccco2)c(Cl)c1. The molecule has 1 aromatic heterocycles. The van der Waals surface area contributed by atoms with Crippen LogP contribution in [0.2, 0.25) is 5.02 Å². The molecule has 2 N–H and O–H groups in total. The van der Waals surface area contributed by atoms with Crippen LogP contribution in [0.1, 0.15) is 30.3 Å². The van der Waals surface area contributed by atoms with E-state index in [-0.39, 0.29) is 23.7 Å². The van der Waals surface area contributed by atoms with Gasteiger partial charge in [0, 0.05) is 18.8 Å². The fraction of sp³-hybridized carbons (Fsp3) is 0.429. The van der Waals surface area contributed by atoms with Crippen LogP contribution in [-0.2, 0) is 0 Å². The zero-order chi connectivity index (χ0) is 21.0. The van der Waals surface area contributed by atoms with Crippen LogP contribution in [0, 0.1) is 5.92 Å². The molecule has 156 valence electrons. The van der Waals surface area contributed by atoms with Crippen molar-refractivity contribution in [3.05, 3.63) is 47.4 Å². The summed E-state index contributed by atoms with van der Waals surface area (Å²) in [5.41, 5.74) is 1.01. The van der Waals surface area contributed by atoms with Crippen molar-refractivity contribution in [3.8, 4) is 0 Å². The molecule has 1 aromatic carbocycles. The number of benzene rings is 1. The van der Waals surface area contributed by atoms with Crippen LogP contribution >= 0.6 is 11.6 Å². The first-order valence-electron chi connectivity index (χ1n) is 9.72. The molecule has 0 bridgehead atoms. The molecular formula is C21H27ClN4O3. The second kappa shape index (κ2) is 9.33. The maximum atomic E-state index is 12.7. The van der Waals surface area contributed by atoms with Crippen molar-refractivity contribution in [3.63, 3.8) is 0 Å². The van der Waals surface area contributed by atoms with E-state index in [2.05, 4.69) is 29.5 Å². The summed E-state index contributed by atoms with van der Waals surface area (Å²) in [5, 5.41) is 5.90. The van der Waals surface area contributed by atoms with Crippen LogP contribution < -0.4 is 10.6 Å². The molecule has 0 unspecified atom stereocenters. The number of amides is 3. The maximum Gasteiger partial charge on any atom is 0.321 e. The third-order valence-electron chi connectivity index (χ3n) is 5.59. The lowest BCUT2D eigenvalue weighted by molar-refractivity contribution is 0.0996. The summed E-state index contributed by atoms with van der Waals surface area (Å²) in [6.45, 7) is 4.21. The normalized spacial score (nSPS) is 16.3. The van der Waals surface area contributed by atoms with E-state index in [9.17, 15) is 9.59 Å². The second-order valence-electron chi connectivity index (χ2n) is 7.55. The van der Waals surface area contributed by atoms with Gasteiger partial charge in [0.1, 0.15) is 0 Å². The molecule has 29 heavy (non-hydrogen) atoms. The molecule has 1 saturated heterocycles. The Kier molecular flexibility index (Phi) is 6.82. The Balaban J connectivity index is 1.58. The number of rotatable bonds is 5. The summed E-state index contributed by atoms with van der Waals surface area (Å²) in [6.07, 6.45) is 3.61. The molecular weight excluding hydrogens is 392 g/mol. The van der Waals surface area contributed by atoms with Gasteiger partial charge in [-0.3, -0.25) is 4.79 Å². The Morgan fingerprint density at radius 1 is 1.24 bits per heavy atom. The number of halogens is 1. The van der Waals surface area contributed by atoms with Gasteiger partial charge in [0.25, 0.3) is 5.91 Å². The third kappa shape index (κ3) is 5.31. The van der Waals surface area contributed by atoms with Crippen LogP contribution in [0.15, 0.2) is 41.0 Å². The molecule has 0 spiro atoms. The van der Waals surface area contributed by atoms with Crippen LogP contribution in [0.5, 0.6) is 0 Å². The van der Waals surface area contributed by atoms with Gasteiger partial charge in [-0.1, -0.05) is 11.6 Å². The number of carbonyl (C=O) groups excluding carboxylic acids is 2. The number of piperidine rings is 1. The maximum absolute atomic E-state index is 12.7. The number of likely N-dealkylation sites (tertiary alicyclic amines) is 1. The number of anilines is 2. The van der Waals surface area contributed by atoms with Crippen LogP contribution in [-0.4, -0.2) is 55.0 Å². The standard InChI is InChI=1S/C21H27ClN4O3/c1-14(15-8-10-25(2)11-9-15)26(3)21(28)23-16-6-7-18(17(22)13-16)24-20(27)19-5-4-12-29-19/h4-7,12-15H,8-11H2,1-3H3,(H,23,28)(H,24,27)/t14-/m0/s1. The van der Waals surface area contributed by atoms with Gasteiger partial charge < -0.3 is 24.9 Å². The highest BCUT2D eigenvalue weighted by molar-refractivity contribution is 6.34. The lowest BCUT2D eigenvalue weighted by Gasteiger charge is -2.37. The van der Waals surface area contributed by atoms with E-state index in [0.717, 1.165) is 25.9 Å². The fourth-order valence-electron chi connectivity index (χ4n) is 3.51. The summed E-state index contributed by atoms with van der Waals surface area (Å²) in [6, 6.07) is 8.14. The first kappa shape index (κ1) is 21.2. The Bertz CT molecular complexity index is 848. The zero-order valence-electron chi connectivity index (χ0n) is 16.9. The van der Waals surface area contributed by atoms with Crippen molar-refractivity contribution >= 4 is 34.9 Å². The van der Waals surface area contributed by atoms with Crippen molar-refractivity contribution < 1.29 is 14.0 Å². The minimum atomic E-state index is -0.389. The Hall–Kier alpha value is -2.51. The molecule has 1 atom stereocenters. The third-order valence-corrected chi connectivity index (χ3v) is 5.90. The number of carbonyl (C=O) groups is 2. The molecule has 0 aliphatic carbocycles. The van der Waals surface area contributed by atoms with E-state index in [4.69, 9.17) is 16.0 Å².